The van der Waals surface area contributed by atoms with Crippen molar-refractivity contribution in [1.82, 2.24) is 0 Å². The second-order valence-electron chi connectivity index (χ2n) is 2.39. The molecule has 0 heterocycles. The van der Waals surface area contributed by atoms with Gasteiger partial charge in [0.1, 0.15) is 0 Å². The Morgan fingerprint density at radius 2 is 1.90 bits per heavy atom. The van der Waals surface area contributed by atoms with Crippen LogP contribution in [0.5, 0.6) is 0 Å². The van der Waals surface area contributed by atoms with Gasteiger partial charge < -0.3 is 18.3 Å². The number of hydrogen-bond acceptors (Lipinski definition) is 0. The maximum absolute atomic E-state index is 3.65. The van der Waals surface area contributed by atoms with Crippen LogP contribution in [0.15, 0.2) is 12.7 Å². The van der Waals surface area contributed by atoms with Crippen LogP contribution in [-0.2, 0) is 0 Å². The Balaban J connectivity index is -0.000000245. The minimum Gasteiger partial charge on any atom is -1.00 e. The Labute approximate surface area is 87.0 Å². The number of halogens is 1. The summed E-state index contributed by atoms with van der Waals surface area (Å²) in [7, 11) is 0. The Hall–Kier alpha value is 0.796. The van der Waals surface area contributed by atoms with Gasteiger partial charge in [0.2, 0.25) is 0 Å². The summed E-state index contributed by atoms with van der Waals surface area (Å²) in [6.07, 6.45) is 5.66. The minimum atomic E-state index is 0. The zero-order valence-electron chi connectivity index (χ0n) is 6.99. The van der Waals surface area contributed by atoms with Crippen LogP contribution in [0.1, 0.15) is 33.1 Å². The maximum Gasteiger partial charge on any atom is 2.00 e. The molecule has 0 saturated carbocycles. The first-order chi connectivity index (χ1) is 3.77. The topological polar surface area (TPSA) is 0 Å². The van der Waals surface area contributed by atoms with E-state index in [1.54, 1.807) is 0 Å². The molecule has 0 N–H and O–H groups in total. The fraction of sp³-hybridized carbons (Fsp3) is 0.625. The summed E-state index contributed by atoms with van der Waals surface area (Å²) in [5, 5.41) is 0. The average Bonchev–Trinajstić information content (AvgIpc) is 1.66. The summed E-state index contributed by atoms with van der Waals surface area (Å²) in [5.41, 5.74) is 0. The van der Waals surface area contributed by atoms with Crippen molar-refractivity contribution in [2.24, 2.45) is 0 Å². The Morgan fingerprint density at radius 3 is 2.20 bits per heavy atom. The van der Waals surface area contributed by atoms with E-state index in [0.29, 0.717) is 0 Å². The molecule has 0 aromatic heterocycles. The molecule has 0 unspecified atom stereocenters. The molecule has 0 aliphatic carbocycles. The molecule has 0 spiro atoms. The van der Waals surface area contributed by atoms with Crippen molar-refractivity contribution in [3.05, 3.63) is 18.6 Å². The molecule has 0 nitrogen and oxygen atoms in total. The van der Waals surface area contributed by atoms with Gasteiger partial charge >= 0.3 is 23.1 Å². The number of allylic oxidation sites excluding steroid dienone is 1. The molecule has 0 rings (SSSR count). The van der Waals surface area contributed by atoms with Crippen molar-refractivity contribution in [2.75, 3.05) is 0 Å². The van der Waals surface area contributed by atoms with Crippen LogP contribution in [0.25, 0.3) is 0 Å². The van der Waals surface area contributed by atoms with Crippen LogP contribution in [0.4, 0.5) is 0 Å². The molecular weight excluding hydrogens is 156 g/mol. The molecule has 0 aromatic rings. The predicted molar refractivity (Wildman–Crippen MR) is 44.4 cm³/mol. The molecule has 2 heteroatoms. The smallest absolute Gasteiger partial charge is 1.00 e. The second-order valence-corrected chi connectivity index (χ2v) is 2.39. The van der Waals surface area contributed by atoms with Crippen molar-refractivity contribution in [1.29, 1.82) is 0 Å². The molecule has 0 amide bonds. The Kier molecular flexibility index (Phi) is 21.3. The molecular formula is C8H15ClMg. The standard InChI is InChI=1S/C8H15.ClH.Mg/c1-4-5-6-7-8(2)3;;/h4H,1,5-7H2,2-3H3;1H;/q-1;;+2/p-1. The third-order valence-corrected chi connectivity index (χ3v) is 1.09. The summed E-state index contributed by atoms with van der Waals surface area (Å²) >= 11 is 0. The summed E-state index contributed by atoms with van der Waals surface area (Å²) in [5.74, 6) is 1.52. The van der Waals surface area contributed by atoms with Gasteiger partial charge in [-0.25, -0.2) is 0 Å². The van der Waals surface area contributed by atoms with Crippen molar-refractivity contribution in [3.63, 3.8) is 0 Å². The molecule has 0 aliphatic rings. The van der Waals surface area contributed by atoms with Gasteiger partial charge in [0.25, 0.3) is 0 Å². The van der Waals surface area contributed by atoms with E-state index in [0.717, 1.165) is 6.42 Å². The van der Waals surface area contributed by atoms with Gasteiger partial charge in [0, 0.05) is 0 Å². The molecule has 0 atom stereocenters. The first kappa shape index (κ1) is 17.0. The van der Waals surface area contributed by atoms with E-state index in [2.05, 4.69) is 20.4 Å². The summed E-state index contributed by atoms with van der Waals surface area (Å²) < 4.78 is 0. The molecule has 0 fully saturated rings. The van der Waals surface area contributed by atoms with Crippen LogP contribution < -0.4 is 12.4 Å². The van der Waals surface area contributed by atoms with Gasteiger partial charge in [-0.05, 0) is 6.42 Å². The van der Waals surface area contributed by atoms with Crippen LogP contribution in [0.2, 0.25) is 0 Å². The van der Waals surface area contributed by atoms with Crippen molar-refractivity contribution in [3.8, 4) is 0 Å². The van der Waals surface area contributed by atoms with E-state index in [9.17, 15) is 0 Å². The summed E-state index contributed by atoms with van der Waals surface area (Å²) in [4.78, 5) is 0. The normalized spacial score (nSPS) is 7.90. The Bertz CT molecular complexity index is 62.3. The first-order valence-corrected chi connectivity index (χ1v) is 3.17. The van der Waals surface area contributed by atoms with Crippen LogP contribution >= 0.6 is 0 Å². The number of rotatable bonds is 4. The van der Waals surface area contributed by atoms with Gasteiger partial charge in [0.05, 0.1) is 0 Å². The van der Waals surface area contributed by atoms with Gasteiger partial charge in [-0.3, -0.25) is 0 Å². The SMILES string of the molecule is C=CCCC[C-](C)C.[Cl-].[Mg+2]. The van der Waals surface area contributed by atoms with E-state index in [4.69, 9.17) is 0 Å². The zero-order chi connectivity index (χ0) is 6.41. The van der Waals surface area contributed by atoms with E-state index in [1.165, 1.54) is 18.8 Å². The number of unbranched alkanes of at least 4 members (excludes halogenated alkanes) is 1. The first-order valence-electron chi connectivity index (χ1n) is 3.17. The zero-order valence-corrected chi connectivity index (χ0v) is 9.16. The van der Waals surface area contributed by atoms with Gasteiger partial charge in [0.15, 0.2) is 0 Å². The minimum absolute atomic E-state index is 0. The molecule has 0 radical (unpaired) electrons. The fourth-order valence-electron chi connectivity index (χ4n) is 0.600. The second kappa shape index (κ2) is 12.5. The van der Waals surface area contributed by atoms with E-state index in [1.807, 2.05) is 6.08 Å². The summed E-state index contributed by atoms with van der Waals surface area (Å²) in [6, 6.07) is 0. The van der Waals surface area contributed by atoms with Crippen molar-refractivity contribution >= 4 is 23.1 Å². The van der Waals surface area contributed by atoms with E-state index in [-0.39, 0.29) is 35.5 Å². The quantitative estimate of drug-likeness (QED) is 0.233. The maximum atomic E-state index is 3.65. The Morgan fingerprint density at radius 1 is 1.40 bits per heavy atom. The van der Waals surface area contributed by atoms with Crippen LogP contribution in [0.3, 0.4) is 0 Å². The largest absolute Gasteiger partial charge is 2.00 e. The summed E-state index contributed by atoms with van der Waals surface area (Å²) in [6.45, 7) is 7.99. The van der Waals surface area contributed by atoms with Gasteiger partial charge in [-0.15, -0.1) is 6.58 Å². The molecule has 56 valence electrons. The van der Waals surface area contributed by atoms with E-state index < -0.39 is 0 Å². The number of hydrogen-bond donors (Lipinski definition) is 0. The molecule has 0 bridgehead atoms. The predicted octanol–water partition coefficient (Wildman–Crippen LogP) is -0.420. The molecule has 10 heavy (non-hydrogen) atoms. The molecule has 0 aromatic carbocycles. The van der Waals surface area contributed by atoms with Crippen LogP contribution in [-0.4, -0.2) is 23.1 Å². The van der Waals surface area contributed by atoms with Crippen molar-refractivity contribution in [2.45, 2.75) is 33.1 Å². The fourth-order valence-corrected chi connectivity index (χ4v) is 0.600. The van der Waals surface area contributed by atoms with Crippen LogP contribution in [0, 0.1) is 5.92 Å². The monoisotopic (exact) mass is 170 g/mol. The molecule has 0 saturated heterocycles. The third-order valence-electron chi connectivity index (χ3n) is 1.09. The third kappa shape index (κ3) is 15.9. The molecule has 0 aliphatic heterocycles. The van der Waals surface area contributed by atoms with Crippen molar-refractivity contribution < 1.29 is 12.4 Å². The van der Waals surface area contributed by atoms with Gasteiger partial charge in [-0.1, -0.05) is 12.5 Å². The van der Waals surface area contributed by atoms with E-state index >= 15 is 0 Å². The average molecular weight is 171 g/mol. The van der Waals surface area contributed by atoms with Gasteiger partial charge in [-0.2, -0.15) is 20.3 Å².